The number of hydrogen-bond acceptors (Lipinski definition) is 11. The van der Waals surface area contributed by atoms with Gasteiger partial charge in [0.1, 0.15) is 23.1 Å². The van der Waals surface area contributed by atoms with E-state index in [1.807, 2.05) is 0 Å². The number of ether oxygens (including phenoxy) is 2. The standard InChI is InChI=1S/C11H16O4.C6H8O2.C5H8O2.CH2O3.2Cs.H/c1-2-15-11(14)7-6-8-9(12)4-3-5-10(8)13;7-5-2-1-3-6(8)4-5;1-3-5(6)7-4-2;2-1-4-3;;;/h8H,2-7H2,1H3;1-4H2;3H,1,4H2,2H3;1,3H;;;/q;;;;2*+1;-1/p-1. The molecule has 194 valence electrons. The molecule has 36 heavy (non-hydrogen) atoms. The Kier molecular flexibility index (Phi) is 37.1. The molecule has 0 aromatic carbocycles. The Bertz CT molecular complexity index is 685. The third kappa shape index (κ3) is 26.5. The van der Waals surface area contributed by atoms with Gasteiger partial charge < -0.3 is 21.0 Å². The first-order valence-corrected chi connectivity index (χ1v) is 10.9. The van der Waals surface area contributed by atoms with Crippen LogP contribution in [0.15, 0.2) is 12.7 Å². The van der Waals surface area contributed by atoms with Crippen LogP contribution in [0.25, 0.3) is 0 Å². The number of esters is 2. The van der Waals surface area contributed by atoms with Gasteiger partial charge in [-0.3, -0.25) is 28.8 Å². The summed E-state index contributed by atoms with van der Waals surface area (Å²) in [5.74, 6) is -1.05. The average molecular weight is 752 g/mol. The van der Waals surface area contributed by atoms with Crippen LogP contribution in [0, 0.1) is 5.92 Å². The monoisotopic (exact) mass is 752 g/mol. The third-order valence-corrected chi connectivity index (χ3v) is 4.36. The zero-order valence-electron chi connectivity index (χ0n) is 22.7. The van der Waals surface area contributed by atoms with Crippen LogP contribution < -0.4 is 143 Å². The summed E-state index contributed by atoms with van der Waals surface area (Å²) in [6.07, 6.45) is 5.43. The molecule has 2 rings (SSSR count). The summed E-state index contributed by atoms with van der Waals surface area (Å²) in [6, 6.07) is 0. The van der Waals surface area contributed by atoms with Crippen molar-refractivity contribution in [3.8, 4) is 0 Å². The van der Waals surface area contributed by atoms with E-state index < -0.39 is 5.92 Å². The van der Waals surface area contributed by atoms with Crippen LogP contribution in [0.4, 0.5) is 0 Å². The van der Waals surface area contributed by atoms with E-state index in [4.69, 9.17) is 14.8 Å². The van der Waals surface area contributed by atoms with Crippen molar-refractivity contribution in [2.45, 2.75) is 71.6 Å². The Labute approximate surface area is 330 Å². The predicted octanol–water partition coefficient (Wildman–Crippen LogP) is -4.74. The fourth-order valence-corrected chi connectivity index (χ4v) is 2.86. The van der Waals surface area contributed by atoms with Gasteiger partial charge in [0.05, 0.1) is 25.6 Å². The summed E-state index contributed by atoms with van der Waals surface area (Å²) in [4.78, 5) is 76.1. The van der Waals surface area contributed by atoms with Crippen molar-refractivity contribution < 1.29 is 192 Å². The number of rotatable bonds is 7. The van der Waals surface area contributed by atoms with Gasteiger partial charge in [-0.1, -0.05) is 6.58 Å². The van der Waals surface area contributed by atoms with Crippen molar-refractivity contribution in [3.05, 3.63) is 12.7 Å². The quantitative estimate of drug-likeness (QED) is 0.0612. The van der Waals surface area contributed by atoms with Gasteiger partial charge in [0, 0.05) is 38.2 Å². The Hall–Kier alpha value is 0.894. The zero-order chi connectivity index (χ0) is 26.4. The normalized spacial score (nSPS) is 14.3. The van der Waals surface area contributed by atoms with E-state index in [-0.39, 0.29) is 194 Å². The van der Waals surface area contributed by atoms with Crippen molar-refractivity contribution in [1.29, 1.82) is 0 Å². The van der Waals surface area contributed by atoms with E-state index in [2.05, 4.69) is 16.2 Å². The number of carbonyl (C=O) groups excluding carboxylic acids is 7. The van der Waals surface area contributed by atoms with Gasteiger partial charge in [-0.25, -0.2) is 4.79 Å². The van der Waals surface area contributed by atoms with E-state index in [1.54, 1.807) is 13.8 Å². The fourth-order valence-electron chi connectivity index (χ4n) is 2.86. The molecule has 0 radical (unpaired) electrons. The molecule has 0 N–H and O–H groups in total. The molecule has 2 saturated carbocycles. The van der Waals surface area contributed by atoms with Crippen LogP contribution in [-0.4, -0.2) is 54.8 Å². The summed E-state index contributed by atoms with van der Waals surface area (Å²) in [5.41, 5.74) is 0. The topological polar surface area (TPSA) is 170 Å². The third-order valence-electron chi connectivity index (χ3n) is 4.36. The molecule has 2 aliphatic rings. The zero-order valence-corrected chi connectivity index (χ0v) is 34.3. The molecule has 0 heterocycles. The van der Waals surface area contributed by atoms with Crippen LogP contribution in [0.3, 0.4) is 0 Å². The van der Waals surface area contributed by atoms with Crippen molar-refractivity contribution in [2.24, 2.45) is 5.92 Å². The number of hydrogen-bond donors (Lipinski definition) is 0. The average Bonchev–Trinajstić information content (AvgIpc) is 2.80. The minimum atomic E-state index is -0.553. The molecule has 0 atom stereocenters. The van der Waals surface area contributed by atoms with Gasteiger partial charge in [0.25, 0.3) is 6.47 Å². The van der Waals surface area contributed by atoms with Crippen LogP contribution in [-0.2, 0) is 47.9 Å². The molecule has 0 unspecified atom stereocenters. The molecule has 0 aromatic rings. The van der Waals surface area contributed by atoms with E-state index in [9.17, 15) is 28.8 Å². The Morgan fingerprint density at radius 3 is 1.69 bits per heavy atom. The number of Topliss-reactive ketones (excluding diaryl/α,β-unsaturated/α-hetero) is 4. The van der Waals surface area contributed by atoms with Crippen molar-refractivity contribution in [1.82, 2.24) is 0 Å². The molecular weight excluding hydrogens is 718 g/mol. The van der Waals surface area contributed by atoms with Crippen LogP contribution >= 0.6 is 0 Å². The van der Waals surface area contributed by atoms with Gasteiger partial charge >= 0.3 is 150 Å². The van der Waals surface area contributed by atoms with Crippen LogP contribution in [0.5, 0.6) is 0 Å². The van der Waals surface area contributed by atoms with Crippen LogP contribution in [0.2, 0.25) is 0 Å². The summed E-state index contributed by atoms with van der Waals surface area (Å²) < 4.78 is 9.18. The van der Waals surface area contributed by atoms with Gasteiger partial charge in [0.2, 0.25) is 0 Å². The van der Waals surface area contributed by atoms with E-state index in [1.165, 1.54) is 0 Å². The molecule has 2 fully saturated rings. The molecule has 0 bridgehead atoms. The van der Waals surface area contributed by atoms with Crippen molar-refractivity contribution in [2.75, 3.05) is 13.2 Å². The molecule has 0 spiro atoms. The minimum absolute atomic E-state index is 0. The Balaban J connectivity index is -0.000000133. The molecular formula is C23H34Cs2O11. The van der Waals surface area contributed by atoms with Crippen molar-refractivity contribution >= 4 is 41.5 Å². The summed E-state index contributed by atoms with van der Waals surface area (Å²) >= 11 is 0. The smallest absolute Gasteiger partial charge is 1.00 e. The first-order chi connectivity index (χ1) is 16.2. The maximum atomic E-state index is 11.4. The maximum absolute atomic E-state index is 11.4. The summed E-state index contributed by atoms with van der Waals surface area (Å²) in [6.45, 7) is 7.27. The molecule has 0 saturated heterocycles. The largest absolute Gasteiger partial charge is 1.00 e. The number of ketones is 4. The Morgan fingerprint density at radius 1 is 0.944 bits per heavy atom. The van der Waals surface area contributed by atoms with Gasteiger partial charge in [0.15, 0.2) is 0 Å². The van der Waals surface area contributed by atoms with Gasteiger partial charge in [-0.05, 0) is 33.1 Å². The maximum Gasteiger partial charge on any atom is 1.00 e. The predicted molar refractivity (Wildman–Crippen MR) is 117 cm³/mol. The molecule has 13 heteroatoms. The molecule has 0 amide bonds. The van der Waals surface area contributed by atoms with E-state index in [0.717, 1.165) is 12.5 Å². The molecule has 0 aromatic heterocycles. The number of carbonyl (C=O) groups is 7. The van der Waals surface area contributed by atoms with Crippen molar-refractivity contribution in [3.63, 3.8) is 0 Å². The summed E-state index contributed by atoms with van der Waals surface area (Å²) in [5, 5.41) is 8.43. The molecule has 0 aliphatic heterocycles. The molecule has 2 aliphatic carbocycles. The minimum Gasteiger partial charge on any atom is -1.00 e. The van der Waals surface area contributed by atoms with Crippen LogP contribution in [0.1, 0.15) is 73.1 Å². The second kappa shape index (κ2) is 30.4. The summed E-state index contributed by atoms with van der Waals surface area (Å²) in [7, 11) is 0. The SMILES string of the molecule is C=CC(=O)OCC.CCOC(=O)CCC1C(=O)CCCC1=O.O=C1CCCC(=O)C1.O=CO[O-].[Cs+].[Cs+].[H-]. The van der Waals surface area contributed by atoms with E-state index in [0.29, 0.717) is 51.7 Å². The molecule has 11 nitrogen and oxygen atoms in total. The second-order valence-corrected chi connectivity index (χ2v) is 6.94. The van der Waals surface area contributed by atoms with Gasteiger partial charge in [-0.15, -0.1) is 0 Å². The van der Waals surface area contributed by atoms with E-state index >= 15 is 0 Å². The van der Waals surface area contributed by atoms with Gasteiger partial charge in [-0.2, -0.15) is 0 Å². The fraction of sp³-hybridized carbons (Fsp3) is 0.609. The Morgan fingerprint density at radius 2 is 1.39 bits per heavy atom. The first kappa shape index (κ1) is 43.9. The second-order valence-electron chi connectivity index (χ2n) is 6.94. The first-order valence-electron chi connectivity index (χ1n) is 10.9.